The van der Waals surface area contributed by atoms with Crippen LogP contribution < -0.4 is 10.1 Å². The molecule has 1 unspecified atom stereocenters. The van der Waals surface area contributed by atoms with Gasteiger partial charge in [0.1, 0.15) is 19.0 Å². The predicted molar refractivity (Wildman–Crippen MR) is 92.2 cm³/mol. The van der Waals surface area contributed by atoms with Gasteiger partial charge in [-0.3, -0.25) is 0 Å². The van der Waals surface area contributed by atoms with Crippen molar-refractivity contribution in [2.75, 3.05) is 39.5 Å². The maximum absolute atomic E-state index is 14.5. The molecule has 1 aromatic carbocycles. The van der Waals surface area contributed by atoms with E-state index in [1.807, 2.05) is 13.8 Å². The molecule has 1 saturated heterocycles. The smallest absolute Gasteiger partial charge is 0.410 e. The highest BCUT2D eigenvalue weighted by Gasteiger charge is 2.27. The van der Waals surface area contributed by atoms with Gasteiger partial charge in [0.15, 0.2) is 11.6 Å². The van der Waals surface area contributed by atoms with Crippen LogP contribution in [0.1, 0.15) is 25.8 Å². The van der Waals surface area contributed by atoms with E-state index >= 15 is 0 Å². The van der Waals surface area contributed by atoms with Gasteiger partial charge in [-0.15, -0.1) is 0 Å². The number of nitrogens with one attached hydrogen (secondary N) is 1. The fraction of sp³-hybridized carbons (Fsp3) is 0.611. The number of carbonyl (C=O) groups is 1. The first-order valence-electron chi connectivity index (χ1n) is 8.90. The van der Waals surface area contributed by atoms with Crippen LogP contribution in [0.15, 0.2) is 12.1 Å². The number of halogens is 2. The molecule has 146 valence electrons. The Kier molecular flexibility index (Phi) is 8.06. The van der Waals surface area contributed by atoms with E-state index in [1.54, 1.807) is 4.90 Å². The fourth-order valence-electron chi connectivity index (χ4n) is 2.76. The molecule has 1 aliphatic heterocycles. The summed E-state index contributed by atoms with van der Waals surface area (Å²) in [5.74, 6) is -1.73. The first-order valence-corrected chi connectivity index (χ1v) is 8.90. The maximum Gasteiger partial charge on any atom is 0.410 e. The molecule has 1 fully saturated rings. The Hall–Kier alpha value is -1.93. The minimum atomic E-state index is -0.860. The van der Waals surface area contributed by atoms with Crippen molar-refractivity contribution in [3.05, 3.63) is 29.3 Å². The number of nitrogens with zero attached hydrogens (tertiary/aromatic N) is 1. The number of rotatable bonds is 8. The van der Waals surface area contributed by atoms with Crippen molar-refractivity contribution in [3.8, 4) is 5.75 Å². The Morgan fingerprint density at radius 1 is 1.31 bits per heavy atom. The van der Waals surface area contributed by atoms with Crippen LogP contribution in [0.3, 0.4) is 0 Å². The van der Waals surface area contributed by atoms with Crippen LogP contribution in [0, 0.1) is 11.6 Å². The lowest BCUT2D eigenvalue weighted by molar-refractivity contribution is 0.0696. The van der Waals surface area contributed by atoms with E-state index < -0.39 is 24.3 Å². The molecule has 1 aliphatic rings. The van der Waals surface area contributed by atoms with Crippen molar-refractivity contribution in [2.45, 2.75) is 32.9 Å². The number of amides is 1. The number of benzene rings is 1. The SMILES string of the molecule is CCOCCOc1ccc(F)c(COC(=O)N2CCNCC2CC)c1F. The normalized spacial score (nSPS) is 17.2. The Bertz CT molecular complexity index is 601. The van der Waals surface area contributed by atoms with Gasteiger partial charge < -0.3 is 24.4 Å². The molecular formula is C18H26F2N2O4. The molecule has 1 aromatic rings. The second-order valence-electron chi connectivity index (χ2n) is 5.90. The van der Waals surface area contributed by atoms with E-state index in [9.17, 15) is 13.6 Å². The van der Waals surface area contributed by atoms with Gasteiger partial charge in [0.2, 0.25) is 0 Å². The lowest BCUT2D eigenvalue weighted by Gasteiger charge is -2.34. The molecule has 1 heterocycles. The number of hydrogen-bond acceptors (Lipinski definition) is 5. The number of carbonyl (C=O) groups excluding carboxylic acids is 1. The Morgan fingerprint density at radius 3 is 2.85 bits per heavy atom. The summed E-state index contributed by atoms with van der Waals surface area (Å²) in [6, 6.07) is 2.33. The summed E-state index contributed by atoms with van der Waals surface area (Å²) in [6.45, 7) is 6.15. The monoisotopic (exact) mass is 372 g/mol. The second-order valence-corrected chi connectivity index (χ2v) is 5.90. The zero-order valence-electron chi connectivity index (χ0n) is 15.2. The van der Waals surface area contributed by atoms with Crippen molar-refractivity contribution >= 4 is 6.09 Å². The van der Waals surface area contributed by atoms with Crippen LogP contribution >= 0.6 is 0 Å². The van der Waals surface area contributed by atoms with Crippen molar-refractivity contribution in [2.24, 2.45) is 0 Å². The van der Waals surface area contributed by atoms with Crippen LogP contribution in [-0.4, -0.2) is 56.5 Å². The summed E-state index contributed by atoms with van der Waals surface area (Å²) < 4.78 is 44.0. The number of ether oxygens (including phenoxy) is 3. The zero-order chi connectivity index (χ0) is 18.9. The van der Waals surface area contributed by atoms with Gasteiger partial charge >= 0.3 is 6.09 Å². The summed E-state index contributed by atoms with van der Waals surface area (Å²) in [4.78, 5) is 13.9. The lowest BCUT2D eigenvalue weighted by atomic mass is 10.1. The molecule has 1 atom stereocenters. The van der Waals surface area contributed by atoms with Crippen LogP contribution in [-0.2, 0) is 16.1 Å². The van der Waals surface area contributed by atoms with E-state index in [1.165, 1.54) is 6.07 Å². The zero-order valence-corrected chi connectivity index (χ0v) is 15.2. The minimum absolute atomic E-state index is 0.0131. The molecule has 0 spiro atoms. The van der Waals surface area contributed by atoms with Crippen molar-refractivity contribution in [1.29, 1.82) is 0 Å². The van der Waals surface area contributed by atoms with E-state index in [0.717, 1.165) is 12.5 Å². The molecule has 8 heteroatoms. The standard InChI is InChI=1S/C18H26F2N2O4/c1-3-13-11-21-7-8-22(13)18(23)26-12-14-15(19)5-6-16(17(14)20)25-10-9-24-4-2/h5-6,13,21H,3-4,7-12H2,1-2H3. The van der Waals surface area contributed by atoms with Gasteiger partial charge in [0, 0.05) is 32.3 Å². The quantitative estimate of drug-likeness (QED) is 0.711. The molecule has 6 nitrogen and oxygen atoms in total. The van der Waals surface area contributed by atoms with Gasteiger partial charge in [-0.25, -0.2) is 13.6 Å². The third-order valence-corrected chi connectivity index (χ3v) is 4.24. The molecular weight excluding hydrogens is 346 g/mol. The van der Waals surface area contributed by atoms with Crippen molar-refractivity contribution < 1.29 is 27.8 Å². The molecule has 0 saturated carbocycles. The van der Waals surface area contributed by atoms with Gasteiger partial charge in [0.25, 0.3) is 0 Å². The Labute approximate surface area is 152 Å². The van der Waals surface area contributed by atoms with Crippen LogP contribution in [0.25, 0.3) is 0 Å². The predicted octanol–water partition coefficient (Wildman–Crippen LogP) is 2.70. The molecule has 0 bridgehead atoms. The van der Waals surface area contributed by atoms with Crippen LogP contribution in [0.2, 0.25) is 0 Å². The Morgan fingerprint density at radius 2 is 2.12 bits per heavy atom. The van der Waals surface area contributed by atoms with E-state index in [2.05, 4.69) is 5.32 Å². The molecule has 0 aliphatic carbocycles. The first-order chi connectivity index (χ1) is 12.6. The Balaban J connectivity index is 1.98. The van der Waals surface area contributed by atoms with Gasteiger partial charge in [-0.05, 0) is 25.5 Å². The largest absolute Gasteiger partial charge is 0.488 e. The summed E-state index contributed by atoms with van der Waals surface area (Å²) in [5, 5.41) is 3.20. The molecule has 0 aromatic heterocycles. The summed E-state index contributed by atoms with van der Waals surface area (Å²) in [7, 11) is 0. The van der Waals surface area contributed by atoms with Crippen molar-refractivity contribution in [3.63, 3.8) is 0 Å². The number of piperazine rings is 1. The first kappa shape index (κ1) is 20.4. The lowest BCUT2D eigenvalue weighted by Crippen LogP contribution is -2.53. The molecule has 1 amide bonds. The summed E-state index contributed by atoms with van der Waals surface area (Å²) in [5.41, 5.74) is -0.324. The maximum atomic E-state index is 14.5. The average Bonchev–Trinajstić information content (AvgIpc) is 2.66. The van der Waals surface area contributed by atoms with Crippen molar-refractivity contribution in [1.82, 2.24) is 10.2 Å². The number of hydrogen-bond donors (Lipinski definition) is 1. The average molecular weight is 372 g/mol. The van der Waals surface area contributed by atoms with Crippen LogP contribution in [0.4, 0.5) is 13.6 Å². The highest BCUT2D eigenvalue weighted by molar-refractivity contribution is 5.68. The van der Waals surface area contributed by atoms with Gasteiger partial charge in [-0.2, -0.15) is 0 Å². The van der Waals surface area contributed by atoms with E-state index in [0.29, 0.717) is 32.8 Å². The fourth-order valence-corrected chi connectivity index (χ4v) is 2.76. The van der Waals surface area contributed by atoms with E-state index in [4.69, 9.17) is 14.2 Å². The summed E-state index contributed by atoms with van der Waals surface area (Å²) in [6.07, 6.45) is 0.202. The van der Waals surface area contributed by atoms with Crippen LogP contribution in [0.5, 0.6) is 5.75 Å². The second kappa shape index (κ2) is 10.3. The van der Waals surface area contributed by atoms with Gasteiger partial charge in [0.05, 0.1) is 12.2 Å². The topological polar surface area (TPSA) is 60.0 Å². The molecule has 2 rings (SSSR count). The van der Waals surface area contributed by atoms with E-state index in [-0.39, 0.29) is 24.0 Å². The third-order valence-electron chi connectivity index (χ3n) is 4.24. The molecule has 1 N–H and O–H groups in total. The molecule has 0 radical (unpaired) electrons. The highest BCUT2D eigenvalue weighted by atomic mass is 19.1. The third kappa shape index (κ3) is 5.28. The summed E-state index contributed by atoms with van der Waals surface area (Å²) >= 11 is 0. The highest BCUT2D eigenvalue weighted by Crippen LogP contribution is 2.24. The van der Waals surface area contributed by atoms with Gasteiger partial charge in [-0.1, -0.05) is 6.92 Å². The molecule has 26 heavy (non-hydrogen) atoms. The minimum Gasteiger partial charge on any atom is -0.488 e.